The number of amides is 1. The molecule has 0 saturated heterocycles. The molecule has 0 aliphatic heterocycles. The lowest BCUT2D eigenvalue weighted by Crippen LogP contribution is -2.36. The highest BCUT2D eigenvalue weighted by molar-refractivity contribution is 7.12. The molecule has 0 bridgehead atoms. The van der Waals surface area contributed by atoms with Crippen molar-refractivity contribution in [3.8, 4) is 0 Å². The minimum atomic E-state index is 0.178. The maximum Gasteiger partial charge on any atom is 0.263 e. The van der Waals surface area contributed by atoms with E-state index in [1.54, 1.807) is 0 Å². The Morgan fingerprint density at radius 2 is 1.81 bits per heavy atom. The van der Waals surface area contributed by atoms with E-state index in [1.165, 1.54) is 11.3 Å². The Hall–Kier alpha value is -0.830. The summed E-state index contributed by atoms with van der Waals surface area (Å²) in [4.78, 5) is 15.0. The zero-order valence-electron chi connectivity index (χ0n) is 10.6. The third-order valence-electron chi connectivity index (χ3n) is 2.19. The molecule has 1 heterocycles. The van der Waals surface area contributed by atoms with Gasteiger partial charge in [-0.1, -0.05) is 33.8 Å². The van der Waals surface area contributed by atoms with Gasteiger partial charge in [0, 0.05) is 13.1 Å². The van der Waals surface area contributed by atoms with Crippen molar-refractivity contribution in [1.82, 2.24) is 4.90 Å². The van der Waals surface area contributed by atoms with Crippen LogP contribution in [0.5, 0.6) is 0 Å². The summed E-state index contributed by atoms with van der Waals surface area (Å²) in [6, 6.07) is 3.83. The van der Waals surface area contributed by atoms with Gasteiger partial charge in [0.1, 0.15) is 0 Å². The van der Waals surface area contributed by atoms with Crippen LogP contribution in [0.15, 0.2) is 17.5 Å². The van der Waals surface area contributed by atoms with Gasteiger partial charge in [0.15, 0.2) is 0 Å². The van der Waals surface area contributed by atoms with Crippen LogP contribution in [-0.4, -0.2) is 23.9 Å². The lowest BCUT2D eigenvalue weighted by molar-refractivity contribution is 0.0720. The van der Waals surface area contributed by atoms with E-state index in [1.807, 2.05) is 22.4 Å². The minimum absolute atomic E-state index is 0.178. The summed E-state index contributed by atoms with van der Waals surface area (Å²) in [5.74, 6) is 1.21. The van der Waals surface area contributed by atoms with Gasteiger partial charge in [-0.2, -0.15) is 0 Å². The predicted octanol–water partition coefficient (Wildman–Crippen LogP) is 3.50. The number of carbonyl (C=O) groups is 1. The highest BCUT2D eigenvalue weighted by Gasteiger charge is 2.18. The fourth-order valence-corrected chi connectivity index (χ4v) is 2.37. The zero-order valence-corrected chi connectivity index (χ0v) is 11.4. The molecule has 0 unspecified atom stereocenters. The molecule has 0 aliphatic rings. The maximum atomic E-state index is 12.2. The predicted molar refractivity (Wildman–Crippen MR) is 69.9 cm³/mol. The summed E-state index contributed by atoms with van der Waals surface area (Å²) in [6.07, 6.45) is 0. The van der Waals surface area contributed by atoms with Crippen molar-refractivity contribution in [3.63, 3.8) is 0 Å². The first-order chi connectivity index (χ1) is 7.50. The topological polar surface area (TPSA) is 20.3 Å². The van der Waals surface area contributed by atoms with Crippen LogP contribution < -0.4 is 0 Å². The van der Waals surface area contributed by atoms with Gasteiger partial charge in [-0.15, -0.1) is 11.3 Å². The molecular formula is C13H21NOS. The Labute approximate surface area is 102 Å². The second-order valence-electron chi connectivity index (χ2n) is 4.98. The van der Waals surface area contributed by atoms with Gasteiger partial charge in [-0.3, -0.25) is 4.79 Å². The van der Waals surface area contributed by atoms with Crippen molar-refractivity contribution in [2.45, 2.75) is 27.7 Å². The van der Waals surface area contributed by atoms with Crippen molar-refractivity contribution in [2.24, 2.45) is 11.8 Å². The van der Waals surface area contributed by atoms with Gasteiger partial charge in [-0.05, 0) is 23.3 Å². The van der Waals surface area contributed by atoms with Crippen LogP contribution in [0.25, 0.3) is 0 Å². The van der Waals surface area contributed by atoms with Gasteiger partial charge in [0.25, 0.3) is 5.91 Å². The number of nitrogens with zero attached hydrogens (tertiary/aromatic N) is 1. The summed E-state index contributed by atoms with van der Waals surface area (Å²) in [5, 5.41) is 1.95. The molecule has 90 valence electrons. The van der Waals surface area contributed by atoms with Crippen LogP contribution in [-0.2, 0) is 0 Å². The molecule has 1 aromatic heterocycles. The quantitative estimate of drug-likeness (QED) is 0.770. The van der Waals surface area contributed by atoms with Crippen LogP contribution in [0, 0.1) is 11.8 Å². The van der Waals surface area contributed by atoms with E-state index in [0.29, 0.717) is 11.8 Å². The summed E-state index contributed by atoms with van der Waals surface area (Å²) >= 11 is 1.52. The molecule has 1 amide bonds. The van der Waals surface area contributed by atoms with Crippen molar-refractivity contribution in [3.05, 3.63) is 22.4 Å². The minimum Gasteiger partial charge on any atom is -0.337 e. The Balaban J connectivity index is 2.71. The monoisotopic (exact) mass is 239 g/mol. The van der Waals surface area contributed by atoms with Gasteiger partial charge >= 0.3 is 0 Å². The van der Waals surface area contributed by atoms with Crippen molar-refractivity contribution < 1.29 is 4.79 Å². The molecule has 0 atom stereocenters. The second kappa shape index (κ2) is 6.04. The second-order valence-corrected chi connectivity index (χ2v) is 5.92. The average molecular weight is 239 g/mol. The standard InChI is InChI=1S/C13H21NOS/c1-10(2)8-14(9-11(3)4)13(15)12-6-5-7-16-12/h5-7,10-11H,8-9H2,1-4H3. The largest absolute Gasteiger partial charge is 0.337 e. The van der Waals surface area contributed by atoms with Crippen LogP contribution in [0.1, 0.15) is 37.4 Å². The fraction of sp³-hybridized carbons (Fsp3) is 0.615. The highest BCUT2D eigenvalue weighted by Crippen LogP contribution is 2.14. The van der Waals surface area contributed by atoms with E-state index in [2.05, 4.69) is 27.7 Å². The Kier molecular flexibility index (Phi) is 5.00. The Bertz CT molecular complexity index is 307. The number of carbonyl (C=O) groups excluding carboxylic acids is 1. The molecule has 0 aromatic carbocycles. The number of hydrogen-bond acceptors (Lipinski definition) is 2. The van der Waals surface area contributed by atoms with Crippen LogP contribution in [0.4, 0.5) is 0 Å². The third-order valence-corrected chi connectivity index (χ3v) is 3.05. The molecule has 0 saturated carbocycles. The lowest BCUT2D eigenvalue weighted by atomic mass is 10.1. The van der Waals surface area contributed by atoms with Gasteiger partial charge in [0.2, 0.25) is 0 Å². The molecule has 1 aromatic rings. The van der Waals surface area contributed by atoms with E-state index in [0.717, 1.165) is 18.0 Å². The Morgan fingerprint density at radius 3 is 2.19 bits per heavy atom. The van der Waals surface area contributed by atoms with E-state index < -0.39 is 0 Å². The molecule has 1 rings (SSSR count). The third kappa shape index (κ3) is 3.97. The molecule has 0 aliphatic carbocycles. The number of rotatable bonds is 5. The summed E-state index contributed by atoms with van der Waals surface area (Å²) in [5.41, 5.74) is 0. The normalized spacial score (nSPS) is 11.1. The van der Waals surface area contributed by atoms with Crippen LogP contribution >= 0.6 is 11.3 Å². The fourth-order valence-electron chi connectivity index (χ4n) is 1.68. The van der Waals surface area contributed by atoms with Crippen molar-refractivity contribution in [1.29, 1.82) is 0 Å². The van der Waals surface area contributed by atoms with Crippen LogP contribution in [0.3, 0.4) is 0 Å². The smallest absolute Gasteiger partial charge is 0.263 e. The summed E-state index contributed by atoms with van der Waals surface area (Å²) < 4.78 is 0. The lowest BCUT2D eigenvalue weighted by Gasteiger charge is -2.25. The molecule has 16 heavy (non-hydrogen) atoms. The van der Waals surface area contributed by atoms with E-state index in [-0.39, 0.29) is 5.91 Å². The molecule has 0 N–H and O–H groups in total. The molecule has 3 heteroatoms. The first-order valence-electron chi connectivity index (χ1n) is 5.83. The molecule has 0 fully saturated rings. The zero-order chi connectivity index (χ0) is 12.1. The van der Waals surface area contributed by atoms with E-state index in [9.17, 15) is 4.79 Å². The van der Waals surface area contributed by atoms with Gasteiger partial charge < -0.3 is 4.90 Å². The Morgan fingerprint density at radius 1 is 1.25 bits per heavy atom. The SMILES string of the molecule is CC(C)CN(CC(C)C)C(=O)c1cccs1. The maximum absolute atomic E-state index is 12.2. The van der Waals surface area contributed by atoms with Gasteiger partial charge in [-0.25, -0.2) is 0 Å². The van der Waals surface area contributed by atoms with Crippen LogP contribution in [0.2, 0.25) is 0 Å². The summed E-state index contributed by atoms with van der Waals surface area (Å²) in [7, 11) is 0. The number of hydrogen-bond donors (Lipinski definition) is 0. The van der Waals surface area contributed by atoms with E-state index in [4.69, 9.17) is 0 Å². The first-order valence-corrected chi connectivity index (χ1v) is 6.71. The summed E-state index contributed by atoms with van der Waals surface area (Å²) in [6.45, 7) is 10.3. The van der Waals surface area contributed by atoms with Gasteiger partial charge in [0.05, 0.1) is 4.88 Å². The molecule has 0 spiro atoms. The van der Waals surface area contributed by atoms with Crippen molar-refractivity contribution >= 4 is 17.2 Å². The molecule has 0 radical (unpaired) electrons. The first kappa shape index (κ1) is 13.2. The highest BCUT2D eigenvalue weighted by atomic mass is 32.1. The van der Waals surface area contributed by atoms with E-state index >= 15 is 0 Å². The average Bonchev–Trinajstić information content (AvgIpc) is 2.66. The molecular weight excluding hydrogens is 218 g/mol. The molecule has 2 nitrogen and oxygen atoms in total. The number of thiophene rings is 1. The van der Waals surface area contributed by atoms with Crippen molar-refractivity contribution in [2.75, 3.05) is 13.1 Å².